The molecule has 0 bridgehead atoms. The van der Waals surface area contributed by atoms with Gasteiger partial charge in [0.2, 0.25) is 0 Å². The fraction of sp³-hybridized carbons (Fsp3) is 0.875. The summed E-state index contributed by atoms with van der Waals surface area (Å²) in [7, 11) is 0. The third-order valence-electron chi connectivity index (χ3n) is 1.67. The number of rotatable bonds is 1. The summed E-state index contributed by atoms with van der Waals surface area (Å²) in [4.78, 5) is 4.35. The van der Waals surface area contributed by atoms with Crippen LogP contribution in [0.15, 0.2) is 4.99 Å². The summed E-state index contributed by atoms with van der Waals surface area (Å²) in [6.07, 6.45) is 1.24. The van der Waals surface area contributed by atoms with Crippen LogP contribution in [0.4, 0.5) is 0 Å². The Morgan fingerprint density at radius 1 is 1.64 bits per heavy atom. The Kier molecular flexibility index (Phi) is 3.24. The molecule has 0 aromatic carbocycles. The van der Waals surface area contributed by atoms with Gasteiger partial charge < -0.3 is 5.32 Å². The molecule has 0 amide bonds. The van der Waals surface area contributed by atoms with Gasteiger partial charge in [-0.1, -0.05) is 18.7 Å². The van der Waals surface area contributed by atoms with Gasteiger partial charge in [0.25, 0.3) is 0 Å². The Balaban J connectivity index is 2.49. The lowest BCUT2D eigenvalue weighted by Crippen LogP contribution is -2.38. The van der Waals surface area contributed by atoms with E-state index in [2.05, 4.69) is 31.1 Å². The number of hydrogen-bond acceptors (Lipinski definition) is 2. The lowest BCUT2D eigenvalue weighted by molar-refractivity contribution is 0.598. The molecule has 1 saturated heterocycles. The molecule has 3 heteroatoms. The zero-order valence-electron chi connectivity index (χ0n) is 7.42. The first-order chi connectivity index (χ1) is 5.22. The van der Waals surface area contributed by atoms with Gasteiger partial charge >= 0.3 is 0 Å². The molecule has 11 heavy (non-hydrogen) atoms. The minimum Gasteiger partial charge on any atom is -0.362 e. The van der Waals surface area contributed by atoms with Crippen LogP contribution in [0.25, 0.3) is 0 Å². The van der Waals surface area contributed by atoms with Gasteiger partial charge in [-0.05, 0) is 20.3 Å². The Hall–Kier alpha value is -0.180. The number of amidine groups is 1. The summed E-state index contributed by atoms with van der Waals surface area (Å²) >= 11 is 1.85. The van der Waals surface area contributed by atoms with Crippen molar-refractivity contribution >= 4 is 16.9 Å². The highest BCUT2D eigenvalue weighted by Crippen LogP contribution is 2.21. The van der Waals surface area contributed by atoms with Crippen molar-refractivity contribution < 1.29 is 0 Å². The van der Waals surface area contributed by atoms with Crippen LogP contribution in [0.5, 0.6) is 0 Å². The fourth-order valence-corrected chi connectivity index (χ4v) is 2.51. The molecule has 0 aromatic heterocycles. The summed E-state index contributed by atoms with van der Waals surface area (Å²) in [5.41, 5.74) is 0. The lowest BCUT2D eigenvalue weighted by Gasteiger charge is -2.26. The van der Waals surface area contributed by atoms with Crippen LogP contribution in [0.3, 0.4) is 0 Å². The maximum Gasteiger partial charge on any atom is 0.157 e. The lowest BCUT2D eigenvalue weighted by atomic mass is 10.2. The summed E-state index contributed by atoms with van der Waals surface area (Å²) in [6, 6.07) is 0.594. The minimum atomic E-state index is 0.594. The summed E-state index contributed by atoms with van der Waals surface area (Å²) in [5.74, 6) is 0. The van der Waals surface area contributed by atoms with Crippen LogP contribution in [-0.2, 0) is 0 Å². The van der Waals surface area contributed by atoms with Gasteiger partial charge in [0.05, 0.1) is 0 Å². The number of nitrogens with one attached hydrogen (secondary N) is 1. The topological polar surface area (TPSA) is 24.4 Å². The fourth-order valence-electron chi connectivity index (χ4n) is 1.27. The van der Waals surface area contributed by atoms with Gasteiger partial charge in [0.1, 0.15) is 0 Å². The molecule has 1 heterocycles. The molecule has 0 radical (unpaired) electrons. The van der Waals surface area contributed by atoms with Gasteiger partial charge in [-0.15, -0.1) is 0 Å². The molecular formula is C8H16N2S. The van der Waals surface area contributed by atoms with E-state index in [0.717, 1.165) is 17.0 Å². The summed E-state index contributed by atoms with van der Waals surface area (Å²) in [6.45, 7) is 7.42. The van der Waals surface area contributed by atoms with Crippen molar-refractivity contribution in [2.24, 2.45) is 4.99 Å². The van der Waals surface area contributed by atoms with E-state index in [-0.39, 0.29) is 0 Å². The maximum atomic E-state index is 4.35. The highest BCUT2D eigenvalue weighted by molar-refractivity contribution is 8.14. The predicted molar refractivity (Wildman–Crippen MR) is 52.2 cm³/mol. The van der Waals surface area contributed by atoms with Crippen molar-refractivity contribution in [2.45, 2.75) is 38.5 Å². The highest BCUT2D eigenvalue weighted by Gasteiger charge is 2.18. The molecule has 1 fully saturated rings. The first-order valence-electron chi connectivity index (χ1n) is 4.20. The van der Waals surface area contributed by atoms with Crippen LogP contribution in [0.2, 0.25) is 0 Å². The average molecular weight is 172 g/mol. The quantitative estimate of drug-likeness (QED) is 0.653. The van der Waals surface area contributed by atoms with Crippen LogP contribution in [-0.4, -0.2) is 23.0 Å². The van der Waals surface area contributed by atoms with E-state index in [1.807, 2.05) is 11.8 Å². The molecule has 0 saturated carbocycles. The molecular weight excluding hydrogens is 156 g/mol. The van der Waals surface area contributed by atoms with E-state index >= 15 is 0 Å². The Morgan fingerprint density at radius 3 is 2.91 bits per heavy atom. The summed E-state index contributed by atoms with van der Waals surface area (Å²) < 4.78 is 0. The molecule has 0 aliphatic carbocycles. The van der Waals surface area contributed by atoms with Crippen molar-refractivity contribution in [1.82, 2.24) is 5.32 Å². The van der Waals surface area contributed by atoms with Gasteiger partial charge in [-0.3, -0.25) is 4.99 Å². The van der Waals surface area contributed by atoms with Crippen LogP contribution < -0.4 is 5.32 Å². The molecule has 1 aliphatic heterocycles. The summed E-state index contributed by atoms with van der Waals surface area (Å²) in [5, 5.41) is 5.20. The normalized spacial score (nSPS) is 35.4. The second-order valence-electron chi connectivity index (χ2n) is 2.99. The number of aliphatic imine (C=N–C) groups is 1. The Bertz CT molecular complexity index is 144. The maximum absolute atomic E-state index is 4.35. The van der Waals surface area contributed by atoms with Gasteiger partial charge in [0.15, 0.2) is 5.17 Å². The van der Waals surface area contributed by atoms with E-state index < -0.39 is 0 Å². The van der Waals surface area contributed by atoms with Crippen molar-refractivity contribution in [2.75, 3.05) is 6.54 Å². The Labute approximate surface area is 72.9 Å². The largest absolute Gasteiger partial charge is 0.362 e. The predicted octanol–water partition coefficient (Wildman–Crippen LogP) is 1.87. The van der Waals surface area contributed by atoms with E-state index in [0.29, 0.717) is 6.04 Å². The number of nitrogens with zero attached hydrogens (tertiary/aromatic N) is 1. The van der Waals surface area contributed by atoms with Crippen LogP contribution >= 0.6 is 11.8 Å². The molecule has 1 N–H and O–H groups in total. The Morgan fingerprint density at radius 2 is 2.36 bits per heavy atom. The molecule has 0 spiro atoms. The van der Waals surface area contributed by atoms with Crippen LogP contribution in [0.1, 0.15) is 27.2 Å². The van der Waals surface area contributed by atoms with Crippen molar-refractivity contribution in [3.63, 3.8) is 0 Å². The van der Waals surface area contributed by atoms with E-state index in [1.165, 1.54) is 6.42 Å². The van der Waals surface area contributed by atoms with Crippen molar-refractivity contribution in [3.05, 3.63) is 0 Å². The first kappa shape index (κ1) is 8.91. The van der Waals surface area contributed by atoms with E-state index in [9.17, 15) is 0 Å². The van der Waals surface area contributed by atoms with Crippen molar-refractivity contribution in [1.29, 1.82) is 0 Å². The molecule has 2 atom stereocenters. The third-order valence-corrected chi connectivity index (χ3v) is 2.73. The average Bonchev–Trinajstić information content (AvgIpc) is 1.85. The molecule has 2 nitrogen and oxygen atoms in total. The number of thioether (sulfide) groups is 1. The van der Waals surface area contributed by atoms with Gasteiger partial charge in [0, 0.05) is 17.8 Å². The van der Waals surface area contributed by atoms with Gasteiger partial charge in [-0.25, -0.2) is 0 Å². The van der Waals surface area contributed by atoms with Crippen molar-refractivity contribution in [3.8, 4) is 0 Å². The SMILES string of the molecule is CCN=C1NC(C)CC(C)S1. The van der Waals surface area contributed by atoms with E-state index in [4.69, 9.17) is 0 Å². The standard InChI is InChI=1S/C8H16N2S/c1-4-9-8-10-6(2)5-7(3)11-8/h6-7H,4-5H2,1-3H3,(H,9,10). The monoisotopic (exact) mass is 172 g/mol. The second-order valence-corrected chi connectivity index (χ2v) is 4.42. The molecule has 0 aromatic rings. The zero-order valence-corrected chi connectivity index (χ0v) is 8.24. The smallest absolute Gasteiger partial charge is 0.157 e. The molecule has 1 rings (SSSR count). The van der Waals surface area contributed by atoms with E-state index in [1.54, 1.807) is 0 Å². The molecule has 2 unspecified atom stereocenters. The van der Waals surface area contributed by atoms with Crippen LogP contribution in [0, 0.1) is 0 Å². The number of hydrogen-bond donors (Lipinski definition) is 1. The highest BCUT2D eigenvalue weighted by atomic mass is 32.2. The van der Waals surface area contributed by atoms with Gasteiger partial charge in [-0.2, -0.15) is 0 Å². The second kappa shape index (κ2) is 4.00. The molecule has 1 aliphatic rings. The third kappa shape index (κ3) is 2.73. The molecule has 64 valence electrons. The first-order valence-corrected chi connectivity index (χ1v) is 5.08. The minimum absolute atomic E-state index is 0.594. The zero-order chi connectivity index (χ0) is 8.27.